The van der Waals surface area contributed by atoms with Crippen LogP contribution < -0.4 is 20.3 Å². The van der Waals surface area contributed by atoms with Crippen LogP contribution in [0.3, 0.4) is 0 Å². The van der Waals surface area contributed by atoms with Gasteiger partial charge in [-0.15, -0.1) is 24.0 Å². The SMILES string of the molecule is CCOc1ccc(CNC(=NC)NC2CCN(c3cccc(F)c3)CC2)cc1F.I. The summed E-state index contributed by atoms with van der Waals surface area (Å²) in [6.45, 7) is 4.42. The molecule has 0 aliphatic carbocycles. The second kappa shape index (κ2) is 11.9. The Balaban J connectivity index is 0.00000320. The summed E-state index contributed by atoms with van der Waals surface area (Å²) in [5.41, 5.74) is 1.73. The van der Waals surface area contributed by atoms with Crippen LogP contribution in [-0.4, -0.2) is 38.7 Å². The van der Waals surface area contributed by atoms with Crippen LogP contribution in [0.4, 0.5) is 14.5 Å². The monoisotopic (exact) mass is 530 g/mol. The number of nitrogens with one attached hydrogen (secondary N) is 2. The summed E-state index contributed by atoms with van der Waals surface area (Å²) in [4.78, 5) is 6.46. The molecule has 0 atom stereocenters. The van der Waals surface area contributed by atoms with Crippen molar-refractivity contribution in [3.63, 3.8) is 0 Å². The topological polar surface area (TPSA) is 48.9 Å². The van der Waals surface area contributed by atoms with Gasteiger partial charge in [0, 0.05) is 38.4 Å². The third-order valence-electron chi connectivity index (χ3n) is 4.99. The summed E-state index contributed by atoms with van der Waals surface area (Å²) in [7, 11) is 1.72. The summed E-state index contributed by atoms with van der Waals surface area (Å²) in [6.07, 6.45) is 1.85. The molecule has 30 heavy (non-hydrogen) atoms. The molecule has 0 spiro atoms. The first-order chi connectivity index (χ1) is 14.1. The van der Waals surface area contributed by atoms with Crippen LogP contribution in [0.5, 0.6) is 5.75 Å². The number of anilines is 1. The quantitative estimate of drug-likeness (QED) is 0.332. The standard InChI is InChI=1S/C22H28F2N4O.HI/c1-3-29-21-8-7-16(13-20(21)24)15-26-22(25-2)27-18-9-11-28(12-10-18)19-6-4-5-17(23)14-19;/h4-8,13-14,18H,3,9-12,15H2,1-2H3,(H2,25,26,27);1H. The Hall–Kier alpha value is -2.10. The zero-order valence-electron chi connectivity index (χ0n) is 17.3. The lowest BCUT2D eigenvalue weighted by atomic mass is 10.0. The molecule has 8 heteroatoms. The molecule has 3 rings (SSSR count). The molecule has 0 unspecified atom stereocenters. The zero-order valence-corrected chi connectivity index (χ0v) is 19.7. The highest BCUT2D eigenvalue weighted by Crippen LogP contribution is 2.21. The van der Waals surface area contributed by atoms with Crippen molar-refractivity contribution in [2.75, 3.05) is 31.6 Å². The van der Waals surface area contributed by atoms with Crippen molar-refractivity contribution < 1.29 is 13.5 Å². The number of ether oxygens (including phenoxy) is 1. The molecule has 0 saturated carbocycles. The molecular weight excluding hydrogens is 501 g/mol. The van der Waals surface area contributed by atoms with E-state index in [9.17, 15) is 8.78 Å². The van der Waals surface area contributed by atoms with Crippen LogP contribution in [0.1, 0.15) is 25.3 Å². The predicted molar refractivity (Wildman–Crippen MR) is 128 cm³/mol. The van der Waals surface area contributed by atoms with Gasteiger partial charge >= 0.3 is 0 Å². The number of hydrogen-bond donors (Lipinski definition) is 2. The van der Waals surface area contributed by atoms with Crippen LogP contribution in [0.2, 0.25) is 0 Å². The zero-order chi connectivity index (χ0) is 20.6. The van der Waals surface area contributed by atoms with E-state index in [0.717, 1.165) is 37.2 Å². The molecule has 2 aromatic rings. The number of benzene rings is 2. The first kappa shape index (κ1) is 24.2. The summed E-state index contributed by atoms with van der Waals surface area (Å²) in [5.74, 6) is 0.379. The van der Waals surface area contributed by atoms with Gasteiger partial charge in [-0.2, -0.15) is 0 Å². The van der Waals surface area contributed by atoms with E-state index in [0.29, 0.717) is 19.1 Å². The fourth-order valence-electron chi connectivity index (χ4n) is 3.46. The van der Waals surface area contributed by atoms with Crippen molar-refractivity contribution in [2.45, 2.75) is 32.4 Å². The van der Waals surface area contributed by atoms with Gasteiger partial charge in [-0.05, 0) is 55.7 Å². The number of guanidine groups is 1. The lowest BCUT2D eigenvalue weighted by Gasteiger charge is -2.34. The molecule has 1 heterocycles. The minimum Gasteiger partial charge on any atom is -0.491 e. The molecule has 2 aromatic carbocycles. The maximum absolute atomic E-state index is 14.0. The summed E-state index contributed by atoms with van der Waals surface area (Å²) in [5, 5.41) is 6.66. The van der Waals surface area contributed by atoms with E-state index in [2.05, 4.69) is 20.5 Å². The van der Waals surface area contributed by atoms with Gasteiger partial charge in [0.05, 0.1) is 6.61 Å². The third kappa shape index (κ3) is 6.72. The molecule has 0 bridgehead atoms. The lowest BCUT2D eigenvalue weighted by molar-refractivity contribution is 0.321. The highest BCUT2D eigenvalue weighted by atomic mass is 127. The fourth-order valence-corrected chi connectivity index (χ4v) is 3.46. The highest BCUT2D eigenvalue weighted by molar-refractivity contribution is 14.0. The van der Waals surface area contributed by atoms with Gasteiger partial charge < -0.3 is 20.3 Å². The second-order valence-electron chi connectivity index (χ2n) is 7.01. The van der Waals surface area contributed by atoms with E-state index in [-0.39, 0.29) is 47.4 Å². The van der Waals surface area contributed by atoms with Crippen molar-refractivity contribution in [2.24, 2.45) is 4.99 Å². The maximum Gasteiger partial charge on any atom is 0.191 e. The molecule has 1 aliphatic heterocycles. The van der Waals surface area contributed by atoms with Crippen molar-refractivity contribution in [1.82, 2.24) is 10.6 Å². The number of halogens is 3. The van der Waals surface area contributed by atoms with E-state index in [4.69, 9.17) is 4.74 Å². The number of hydrogen-bond acceptors (Lipinski definition) is 3. The van der Waals surface area contributed by atoms with Gasteiger partial charge in [-0.3, -0.25) is 4.99 Å². The molecule has 5 nitrogen and oxygen atoms in total. The minimum atomic E-state index is -0.362. The van der Waals surface area contributed by atoms with Crippen LogP contribution in [0, 0.1) is 11.6 Å². The summed E-state index contributed by atoms with van der Waals surface area (Å²) < 4.78 is 32.7. The van der Waals surface area contributed by atoms with Crippen molar-refractivity contribution in [3.8, 4) is 5.75 Å². The van der Waals surface area contributed by atoms with Gasteiger partial charge in [0.15, 0.2) is 17.5 Å². The van der Waals surface area contributed by atoms with Crippen molar-refractivity contribution in [1.29, 1.82) is 0 Å². The summed E-state index contributed by atoms with van der Waals surface area (Å²) >= 11 is 0. The van der Waals surface area contributed by atoms with E-state index in [1.54, 1.807) is 25.2 Å². The Morgan fingerprint density at radius 2 is 1.93 bits per heavy atom. The smallest absolute Gasteiger partial charge is 0.191 e. The van der Waals surface area contributed by atoms with Gasteiger partial charge in [-0.25, -0.2) is 8.78 Å². The Labute approximate surface area is 193 Å². The average molecular weight is 530 g/mol. The first-order valence-corrected chi connectivity index (χ1v) is 9.98. The lowest BCUT2D eigenvalue weighted by Crippen LogP contribution is -2.48. The van der Waals surface area contributed by atoms with E-state index < -0.39 is 0 Å². The van der Waals surface area contributed by atoms with Gasteiger partial charge in [0.1, 0.15) is 5.82 Å². The van der Waals surface area contributed by atoms with Gasteiger partial charge in [0.2, 0.25) is 0 Å². The Kier molecular flexibility index (Phi) is 9.61. The first-order valence-electron chi connectivity index (χ1n) is 9.98. The van der Waals surface area contributed by atoms with Crippen LogP contribution >= 0.6 is 24.0 Å². The van der Waals surface area contributed by atoms with Crippen molar-refractivity contribution >= 4 is 35.6 Å². The van der Waals surface area contributed by atoms with Crippen molar-refractivity contribution in [3.05, 3.63) is 59.7 Å². The van der Waals surface area contributed by atoms with Gasteiger partial charge in [-0.1, -0.05) is 12.1 Å². The number of nitrogens with zero attached hydrogens (tertiary/aromatic N) is 2. The largest absolute Gasteiger partial charge is 0.491 e. The maximum atomic E-state index is 14.0. The molecule has 1 aliphatic rings. The van der Waals surface area contributed by atoms with Crippen LogP contribution in [0.15, 0.2) is 47.5 Å². The molecule has 1 saturated heterocycles. The Morgan fingerprint density at radius 1 is 1.17 bits per heavy atom. The second-order valence-corrected chi connectivity index (χ2v) is 7.01. The Bertz CT molecular complexity index is 842. The number of piperidine rings is 1. The average Bonchev–Trinajstić information content (AvgIpc) is 2.73. The van der Waals surface area contributed by atoms with E-state index in [1.165, 1.54) is 12.1 Å². The fraction of sp³-hybridized carbons (Fsp3) is 0.409. The molecule has 2 N–H and O–H groups in total. The normalized spacial score (nSPS) is 14.8. The van der Waals surface area contributed by atoms with E-state index >= 15 is 0 Å². The molecule has 0 aromatic heterocycles. The third-order valence-corrected chi connectivity index (χ3v) is 4.99. The molecule has 164 valence electrons. The molecular formula is C22H29F2IN4O. The highest BCUT2D eigenvalue weighted by Gasteiger charge is 2.20. The van der Waals surface area contributed by atoms with Crippen LogP contribution in [-0.2, 0) is 6.54 Å². The number of rotatable bonds is 6. The Morgan fingerprint density at radius 3 is 2.57 bits per heavy atom. The molecule has 1 fully saturated rings. The van der Waals surface area contributed by atoms with Crippen LogP contribution in [0.25, 0.3) is 0 Å². The molecule has 0 radical (unpaired) electrons. The van der Waals surface area contributed by atoms with Gasteiger partial charge in [0.25, 0.3) is 0 Å². The number of aliphatic imine (C=N–C) groups is 1. The summed E-state index contributed by atoms with van der Waals surface area (Å²) in [6, 6.07) is 12.0. The molecule has 0 amide bonds. The predicted octanol–water partition coefficient (Wildman–Crippen LogP) is 4.32. The van der Waals surface area contributed by atoms with E-state index in [1.807, 2.05) is 19.1 Å². The minimum absolute atomic E-state index is 0.